The normalized spacial score (nSPS) is 15.2. The first kappa shape index (κ1) is 17.3. The molecule has 6 heteroatoms. The Kier molecular flexibility index (Phi) is 5.58. The molecule has 25 heavy (non-hydrogen) atoms. The molecule has 3 rings (SSSR count). The predicted molar refractivity (Wildman–Crippen MR) is 91.9 cm³/mol. The van der Waals surface area contributed by atoms with Gasteiger partial charge in [-0.3, -0.25) is 9.78 Å². The smallest absolute Gasteiger partial charge is 0.228 e. The lowest BCUT2D eigenvalue weighted by Gasteiger charge is -2.31. The minimum Gasteiger partial charge on any atom is -0.478 e. The van der Waals surface area contributed by atoms with Crippen LogP contribution in [0.2, 0.25) is 0 Å². The fraction of sp³-hybridized carbons (Fsp3) is 0.421. The number of aromatic nitrogens is 2. The van der Waals surface area contributed by atoms with Gasteiger partial charge in [0.25, 0.3) is 0 Å². The molecule has 1 amide bonds. The van der Waals surface area contributed by atoms with Crippen molar-refractivity contribution in [1.29, 1.82) is 0 Å². The van der Waals surface area contributed by atoms with Crippen LogP contribution in [-0.4, -0.2) is 40.5 Å². The SMILES string of the molecule is CCOc1cccc(CC(=O)N2CCC(c3ccc(F)cn3)CC2)n1. The van der Waals surface area contributed by atoms with E-state index in [1.807, 2.05) is 24.0 Å². The summed E-state index contributed by atoms with van der Waals surface area (Å²) in [6, 6.07) is 8.67. The van der Waals surface area contributed by atoms with Gasteiger partial charge in [-0.1, -0.05) is 6.07 Å². The first-order valence-electron chi connectivity index (χ1n) is 8.63. The molecule has 1 aliphatic rings. The van der Waals surface area contributed by atoms with E-state index in [4.69, 9.17) is 4.74 Å². The zero-order chi connectivity index (χ0) is 17.6. The number of hydrogen-bond donors (Lipinski definition) is 0. The lowest BCUT2D eigenvalue weighted by Crippen LogP contribution is -2.39. The molecular weight excluding hydrogens is 321 g/mol. The van der Waals surface area contributed by atoms with Crippen LogP contribution in [0.25, 0.3) is 0 Å². The lowest BCUT2D eigenvalue weighted by molar-refractivity contribution is -0.131. The standard InChI is InChI=1S/C19H22FN3O2/c1-2-25-18-5-3-4-16(22-18)12-19(24)23-10-8-14(9-11-23)17-7-6-15(20)13-21-17/h3-7,13-14H,2,8-12H2,1H3. The maximum Gasteiger partial charge on any atom is 0.228 e. The average Bonchev–Trinajstić information content (AvgIpc) is 2.63. The summed E-state index contributed by atoms with van der Waals surface area (Å²) < 4.78 is 18.4. The quantitative estimate of drug-likeness (QED) is 0.837. The van der Waals surface area contributed by atoms with Gasteiger partial charge < -0.3 is 9.64 Å². The van der Waals surface area contributed by atoms with Crippen molar-refractivity contribution in [2.75, 3.05) is 19.7 Å². The van der Waals surface area contributed by atoms with Gasteiger partial charge in [0.2, 0.25) is 11.8 Å². The highest BCUT2D eigenvalue weighted by atomic mass is 19.1. The van der Waals surface area contributed by atoms with Gasteiger partial charge in [0.15, 0.2) is 0 Å². The third kappa shape index (κ3) is 4.53. The minimum atomic E-state index is -0.321. The van der Waals surface area contributed by atoms with E-state index < -0.39 is 0 Å². The molecule has 0 bridgehead atoms. The molecular formula is C19H22FN3O2. The van der Waals surface area contributed by atoms with Gasteiger partial charge in [0.1, 0.15) is 5.82 Å². The Bertz CT molecular complexity index is 713. The maximum atomic E-state index is 13.0. The molecule has 1 saturated heterocycles. The first-order valence-corrected chi connectivity index (χ1v) is 8.63. The predicted octanol–water partition coefficient (Wildman–Crippen LogP) is 2.96. The van der Waals surface area contributed by atoms with E-state index in [9.17, 15) is 9.18 Å². The summed E-state index contributed by atoms with van der Waals surface area (Å²) in [5, 5.41) is 0. The Morgan fingerprint density at radius 2 is 2.08 bits per heavy atom. The van der Waals surface area contributed by atoms with E-state index in [1.165, 1.54) is 12.3 Å². The first-order chi connectivity index (χ1) is 12.2. The lowest BCUT2D eigenvalue weighted by atomic mass is 9.93. The molecule has 132 valence electrons. The summed E-state index contributed by atoms with van der Waals surface area (Å²) in [7, 11) is 0. The van der Waals surface area contributed by atoms with Crippen molar-refractivity contribution in [3.63, 3.8) is 0 Å². The molecule has 0 N–H and O–H groups in total. The molecule has 2 aromatic rings. The summed E-state index contributed by atoms with van der Waals surface area (Å²) in [5.74, 6) is 0.586. The van der Waals surface area contributed by atoms with E-state index in [1.54, 1.807) is 12.1 Å². The Balaban J connectivity index is 1.54. The molecule has 1 aliphatic heterocycles. The molecule has 0 aromatic carbocycles. The number of carbonyl (C=O) groups is 1. The maximum absolute atomic E-state index is 13.0. The van der Waals surface area contributed by atoms with E-state index in [2.05, 4.69) is 9.97 Å². The van der Waals surface area contributed by atoms with E-state index in [0.29, 0.717) is 25.6 Å². The Morgan fingerprint density at radius 3 is 2.76 bits per heavy atom. The largest absolute Gasteiger partial charge is 0.478 e. The highest BCUT2D eigenvalue weighted by Gasteiger charge is 2.24. The van der Waals surface area contributed by atoms with Crippen molar-refractivity contribution in [2.24, 2.45) is 0 Å². The molecule has 0 spiro atoms. The number of halogens is 1. The topological polar surface area (TPSA) is 55.3 Å². The van der Waals surface area contributed by atoms with Gasteiger partial charge in [0, 0.05) is 30.8 Å². The number of likely N-dealkylation sites (tertiary alicyclic amines) is 1. The van der Waals surface area contributed by atoms with Crippen molar-refractivity contribution in [3.05, 3.63) is 53.7 Å². The van der Waals surface area contributed by atoms with Crippen molar-refractivity contribution >= 4 is 5.91 Å². The number of carbonyl (C=O) groups excluding carboxylic acids is 1. The van der Waals surface area contributed by atoms with Gasteiger partial charge in [0.05, 0.1) is 24.9 Å². The third-order valence-electron chi connectivity index (χ3n) is 4.42. The molecule has 1 fully saturated rings. The summed E-state index contributed by atoms with van der Waals surface area (Å²) in [6.07, 6.45) is 3.22. The van der Waals surface area contributed by atoms with Gasteiger partial charge >= 0.3 is 0 Å². The van der Waals surface area contributed by atoms with Crippen LogP contribution in [0.1, 0.15) is 37.1 Å². The highest BCUT2D eigenvalue weighted by Crippen LogP contribution is 2.27. The van der Waals surface area contributed by atoms with Crippen molar-refractivity contribution < 1.29 is 13.9 Å². The molecule has 3 heterocycles. The van der Waals surface area contributed by atoms with Gasteiger partial charge in [-0.05, 0) is 38.0 Å². The number of nitrogens with zero attached hydrogens (tertiary/aromatic N) is 3. The summed E-state index contributed by atoms with van der Waals surface area (Å²) in [6.45, 7) is 3.83. The van der Waals surface area contributed by atoms with Crippen LogP contribution in [0, 0.1) is 5.82 Å². The number of ether oxygens (including phenoxy) is 1. The molecule has 0 radical (unpaired) electrons. The van der Waals surface area contributed by atoms with Crippen LogP contribution in [0.4, 0.5) is 4.39 Å². The minimum absolute atomic E-state index is 0.0756. The monoisotopic (exact) mass is 343 g/mol. The van der Waals surface area contributed by atoms with Crippen LogP contribution < -0.4 is 4.74 Å². The number of rotatable bonds is 5. The number of amides is 1. The Labute approximate surface area is 146 Å². The zero-order valence-electron chi connectivity index (χ0n) is 14.3. The molecule has 2 aromatic heterocycles. The van der Waals surface area contributed by atoms with E-state index >= 15 is 0 Å². The van der Waals surface area contributed by atoms with Gasteiger partial charge in [-0.2, -0.15) is 0 Å². The molecule has 0 saturated carbocycles. The van der Waals surface area contributed by atoms with E-state index in [-0.39, 0.29) is 24.1 Å². The summed E-state index contributed by atoms with van der Waals surface area (Å²) in [5.41, 5.74) is 1.62. The van der Waals surface area contributed by atoms with Gasteiger partial charge in [-0.15, -0.1) is 0 Å². The number of hydrogen-bond acceptors (Lipinski definition) is 4. The third-order valence-corrected chi connectivity index (χ3v) is 4.42. The highest BCUT2D eigenvalue weighted by molar-refractivity contribution is 5.78. The number of pyridine rings is 2. The number of piperidine rings is 1. The van der Waals surface area contributed by atoms with Crippen LogP contribution in [0.5, 0.6) is 5.88 Å². The Morgan fingerprint density at radius 1 is 1.28 bits per heavy atom. The molecule has 0 unspecified atom stereocenters. The van der Waals surface area contributed by atoms with Crippen LogP contribution in [0.3, 0.4) is 0 Å². The second-order valence-corrected chi connectivity index (χ2v) is 6.13. The fourth-order valence-electron chi connectivity index (χ4n) is 3.10. The second kappa shape index (κ2) is 8.05. The average molecular weight is 343 g/mol. The molecule has 5 nitrogen and oxygen atoms in total. The van der Waals surface area contributed by atoms with Crippen molar-refractivity contribution in [1.82, 2.24) is 14.9 Å². The summed E-state index contributed by atoms with van der Waals surface area (Å²) >= 11 is 0. The van der Waals surface area contributed by atoms with Crippen LogP contribution in [-0.2, 0) is 11.2 Å². The summed E-state index contributed by atoms with van der Waals surface area (Å²) in [4.78, 5) is 22.9. The van der Waals surface area contributed by atoms with Crippen LogP contribution in [0.15, 0.2) is 36.5 Å². The second-order valence-electron chi connectivity index (χ2n) is 6.13. The van der Waals surface area contributed by atoms with Crippen molar-refractivity contribution in [2.45, 2.75) is 32.1 Å². The molecule has 0 aliphatic carbocycles. The van der Waals surface area contributed by atoms with E-state index in [0.717, 1.165) is 24.2 Å². The Hall–Kier alpha value is -2.50. The zero-order valence-corrected chi connectivity index (χ0v) is 14.3. The molecule has 0 atom stereocenters. The van der Waals surface area contributed by atoms with Gasteiger partial charge in [-0.25, -0.2) is 9.37 Å². The fourth-order valence-corrected chi connectivity index (χ4v) is 3.10. The van der Waals surface area contributed by atoms with Crippen LogP contribution >= 0.6 is 0 Å². The van der Waals surface area contributed by atoms with Crippen molar-refractivity contribution in [3.8, 4) is 5.88 Å².